The van der Waals surface area contributed by atoms with Crippen LogP contribution >= 0.6 is 0 Å². The number of carbonyl (C=O) groups excluding carboxylic acids is 1. The van der Waals surface area contributed by atoms with Crippen molar-refractivity contribution in [3.05, 3.63) is 78.5 Å². The lowest BCUT2D eigenvalue weighted by Crippen LogP contribution is -2.37. The minimum Gasteiger partial charge on any atom is -0.493 e. The normalized spacial score (nSPS) is 13.5. The summed E-state index contributed by atoms with van der Waals surface area (Å²) in [4.78, 5) is 27.9. The van der Waals surface area contributed by atoms with Gasteiger partial charge in [-0.3, -0.25) is 9.52 Å². The lowest BCUT2D eigenvalue weighted by Gasteiger charge is -2.28. The molecule has 1 aliphatic rings. The van der Waals surface area contributed by atoms with E-state index in [4.69, 9.17) is 18.9 Å². The van der Waals surface area contributed by atoms with Crippen LogP contribution in [0.25, 0.3) is 0 Å². The summed E-state index contributed by atoms with van der Waals surface area (Å²) >= 11 is 0. The molecule has 14 heteroatoms. The summed E-state index contributed by atoms with van der Waals surface area (Å²) in [6, 6.07) is 18.7. The lowest BCUT2D eigenvalue weighted by molar-refractivity contribution is -0.116. The topological polar surface area (TPSA) is 154 Å². The van der Waals surface area contributed by atoms with E-state index >= 15 is 0 Å². The second-order valence-electron chi connectivity index (χ2n) is 11.6. The van der Waals surface area contributed by atoms with Gasteiger partial charge in [-0.05, 0) is 47.4 Å². The van der Waals surface area contributed by atoms with Crippen LogP contribution in [0.4, 0.5) is 17.6 Å². The third-order valence-electron chi connectivity index (χ3n) is 7.16. The number of sulfonamides is 1. The number of methoxy groups -OCH3 is 1. The van der Waals surface area contributed by atoms with Crippen molar-refractivity contribution in [2.24, 2.45) is 0 Å². The largest absolute Gasteiger partial charge is 0.493 e. The minimum atomic E-state index is -4.16. The van der Waals surface area contributed by atoms with E-state index in [1.165, 1.54) is 7.11 Å². The van der Waals surface area contributed by atoms with Crippen molar-refractivity contribution < 1.29 is 32.2 Å². The minimum absolute atomic E-state index is 0.0361. The summed E-state index contributed by atoms with van der Waals surface area (Å²) in [6.07, 6.45) is 1.52. The van der Waals surface area contributed by atoms with E-state index in [0.29, 0.717) is 37.9 Å². The molecule has 3 heterocycles. The number of hydrogen-bond acceptors (Lipinski definition) is 11. The summed E-state index contributed by atoms with van der Waals surface area (Å²) in [5, 5.41) is 2.71. The first-order valence-electron chi connectivity index (χ1n) is 15.1. The number of pyridine rings is 1. The van der Waals surface area contributed by atoms with E-state index in [-0.39, 0.29) is 58.4 Å². The zero-order valence-electron chi connectivity index (χ0n) is 26.7. The maximum absolute atomic E-state index is 13.8. The maximum Gasteiger partial charge on any atom is 0.265 e. The molecule has 0 spiro atoms. The van der Waals surface area contributed by atoms with Crippen molar-refractivity contribution in [3.8, 4) is 23.1 Å². The van der Waals surface area contributed by atoms with Crippen LogP contribution in [0, 0.1) is 0 Å². The van der Waals surface area contributed by atoms with E-state index < -0.39 is 10.0 Å². The highest BCUT2D eigenvalue weighted by Crippen LogP contribution is 2.41. The third-order valence-corrected chi connectivity index (χ3v) is 8.51. The van der Waals surface area contributed by atoms with Gasteiger partial charge < -0.3 is 29.2 Å². The Morgan fingerprint density at radius 3 is 2.32 bits per heavy atom. The van der Waals surface area contributed by atoms with Crippen molar-refractivity contribution in [2.45, 2.75) is 37.5 Å². The fraction of sp³-hybridized carbons (Fsp3) is 0.333. The molecule has 5 rings (SSSR count). The second kappa shape index (κ2) is 14.6. The molecule has 0 radical (unpaired) electrons. The molecule has 1 fully saturated rings. The number of hydrogen-bond donors (Lipinski definition) is 2. The SMILES string of the molecule is COc1ccccc1Oc1c(NS(=O)(=O)c2ccc(C(C)(C)C)cc2)nc(N2CCOCC2)nc1OCCC(=O)Nc1ccccn1. The van der Waals surface area contributed by atoms with Crippen molar-refractivity contribution in [3.63, 3.8) is 0 Å². The number of aromatic nitrogens is 3. The average Bonchev–Trinajstić information content (AvgIpc) is 3.06. The van der Waals surface area contributed by atoms with Gasteiger partial charge in [-0.25, -0.2) is 13.4 Å². The number of benzene rings is 2. The summed E-state index contributed by atoms with van der Waals surface area (Å²) in [6.45, 7) is 7.86. The summed E-state index contributed by atoms with van der Waals surface area (Å²) in [5.41, 5.74) is 0.822. The predicted octanol–water partition coefficient (Wildman–Crippen LogP) is 5.02. The highest BCUT2D eigenvalue weighted by molar-refractivity contribution is 7.92. The number of anilines is 3. The summed E-state index contributed by atoms with van der Waals surface area (Å²) in [7, 11) is -2.67. The first kappa shape index (κ1) is 33.4. The van der Waals surface area contributed by atoms with Crippen molar-refractivity contribution in [2.75, 3.05) is 55.0 Å². The molecule has 13 nitrogen and oxygen atoms in total. The molecule has 0 atom stereocenters. The highest BCUT2D eigenvalue weighted by Gasteiger charge is 2.27. The maximum atomic E-state index is 13.8. The van der Waals surface area contributed by atoms with Gasteiger partial charge in [0, 0.05) is 19.3 Å². The Morgan fingerprint density at radius 1 is 0.957 bits per heavy atom. The molecule has 2 aromatic heterocycles. The van der Waals surface area contributed by atoms with Gasteiger partial charge in [-0.15, -0.1) is 0 Å². The number of ether oxygens (including phenoxy) is 4. The van der Waals surface area contributed by atoms with E-state index in [9.17, 15) is 13.2 Å². The molecule has 0 unspecified atom stereocenters. The van der Waals surface area contributed by atoms with Crippen LogP contribution in [0.5, 0.6) is 23.1 Å². The second-order valence-corrected chi connectivity index (χ2v) is 13.3. The Hall–Kier alpha value is -4.95. The highest BCUT2D eigenvalue weighted by atomic mass is 32.2. The fourth-order valence-corrected chi connectivity index (χ4v) is 5.60. The van der Waals surface area contributed by atoms with Gasteiger partial charge in [0.15, 0.2) is 17.3 Å². The molecular formula is C33H38N6O7S. The monoisotopic (exact) mass is 662 g/mol. The molecule has 1 aliphatic heterocycles. The standard InChI is InChI=1S/C33H38N6O7S/c1-33(2,3)23-12-14-24(15-13-23)47(41,42)38-30-29(46-26-10-6-5-9-25(26)43-4)31(37-32(36-30)39-18-21-44-22-19-39)45-20-16-28(40)35-27-11-7-8-17-34-27/h5-15,17H,16,18-22H2,1-4H3,(H,34,35,40)(H,36,37,38). The number of amides is 1. The Kier molecular flexibility index (Phi) is 10.4. The Bertz CT molecular complexity index is 1780. The van der Waals surface area contributed by atoms with Crippen molar-refractivity contribution in [1.82, 2.24) is 15.0 Å². The zero-order chi connectivity index (χ0) is 33.4. The number of nitrogens with one attached hydrogen (secondary N) is 2. The Morgan fingerprint density at radius 2 is 1.66 bits per heavy atom. The van der Waals surface area contributed by atoms with Gasteiger partial charge in [0.05, 0.1) is 38.2 Å². The molecule has 248 valence electrons. The number of rotatable bonds is 12. The number of morpholine rings is 1. The van der Waals surface area contributed by atoms with Crippen molar-refractivity contribution >= 4 is 33.5 Å². The molecule has 0 aliphatic carbocycles. The number of carbonyl (C=O) groups is 1. The van der Waals surface area contributed by atoms with E-state index in [0.717, 1.165) is 5.56 Å². The smallest absolute Gasteiger partial charge is 0.265 e. The van der Waals surface area contributed by atoms with Crippen LogP contribution < -0.4 is 29.1 Å². The molecule has 2 aromatic carbocycles. The molecule has 1 saturated heterocycles. The van der Waals surface area contributed by atoms with Gasteiger partial charge >= 0.3 is 0 Å². The number of para-hydroxylation sites is 2. The zero-order valence-corrected chi connectivity index (χ0v) is 27.5. The Labute approximate surface area is 274 Å². The first-order valence-corrected chi connectivity index (χ1v) is 16.5. The molecule has 47 heavy (non-hydrogen) atoms. The van der Waals surface area contributed by atoms with Gasteiger partial charge in [-0.2, -0.15) is 9.97 Å². The average molecular weight is 663 g/mol. The van der Waals surface area contributed by atoms with Crippen LogP contribution in [-0.4, -0.2) is 69.3 Å². The van der Waals surface area contributed by atoms with E-state index in [1.807, 2.05) is 25.7 Å². The van der Waals surface area contributed by atoms with Gasteiger partial charge in [0.2, 0.25) is 17.6 Å². The molecule has 2 N–H and O–H groups in total. The van der Waals surface area contributed by atoms with Crippen LogP contribution in [0.2, 0.25) is 0 Å². The molecular weight excluding hydrogens is 624 g/mol. The van der Waals surface area contributed by atoms with E-state index in [2.05, 4.69) is 25.0 Å². The van der Waals surface area contributed by atoms with Crippen LogP contribution in [0.1, 0.15) is 32.8 Å². The first-order chi connectivity index (χ1) is 22.5. The number of nitrogens with zero attached hydrogens (tertiary/aromatic N) is 4. The predicted molar refractivity (Wildman–Crippen MR) is 177 cm³/mol. The van der Waals surface area contributed by atoms with Crippen LogP contribution in [0.15, 0.2) is 77.8 Å². The van der Waals surface area contributed by atoms with Crippen LogP contribution in [-0.2, 0) is 25.0 Å². The van der Waals surface area contributed by atoms with Gasteiger partial charge in [0.1, 0.15) is 5.82 Å². The quantitative estimate of drug-likeness (QED) is 0.210. The van der Waals surface area contributed by atoms with E-state index in [1.54, 1.807) is 72.9 Å². The summed E-state index contributed by atoms with van der Waals surface area (Å²) in [5.74, 6) is 0.599. The van der Waals surface area contributed by atoms with Gasteiger partial charge in [-0.1, -0.05) is 51.1 Å². The Balaban J connectivity index is 1.52. The molecule has 1 amide bonds. The lowest BCUT2D eigenvalue weighted by atomic mass is 9.87. The fourth-order valence-electron chi connectivity index (χ4n) is 4.60. The van der Waals surface area contributed by atoms with Crippen molar-refractivity contribution in [1.29, 1.82) is 0 Å². The molecule has 0 saturated carbocycles. The molecule has 4 aromatic rings. The third kappa shape index (κ3) is 8.65. The van der Waals surface area contributed by atoms with Crippen LogP contribution in [0.3, 0.4) is 0 Å². The summed E-state index contributed by atoms with van der Waals surface area (Å²) < 4.78 is 53.4. The molecule has 0 bridgehead atoms. The van der Waals surface area contributed by atoms with Gasteiger partial charge in [0.25, 0.3) is 15.9 Å².